The fraction of sp³-hybridized carbons (Fsp3) is 0.375. The summed E-state index contributed by atoms with van der Waals surface area (Å²) in [7, 11) is 2.24. The van der Waals surface area contributed by atoms with Gasteiger partial charge in [-0.3, -0.25) is 4.90 Å². The SMILES string of the molecule is CN1C2C=C(c3oc(Br)c4ccccc34)CC1CC2. The summed E-state index contributed by atoms with van der Waals surface area (Å²) in [6.45, 7) is 0. The molecule has 2 aliphatic rings. The van der Waals surface area contributed by atoms with Gasteiger partial charge in [0.15, 0.2) is 4.67 Å². The molecule has 2 aliphatic heterocycles. The monoisotopic (exact) mass is 317 g/mol. The van der Waals surface area contributed by atoms with E-state index in [1.165, 1.54) is 29.2 Å². The maximum Gasteiger partial charge on any atom is 0.177 e. The first-order valence-electron chi connectivity index (χ1n) is 6.84. The highest BCUT2D eigenvalue weighted by atomic mass is 79.9. The van der Waals surface area contributed by atoms with Gasteiger partial charge in [0.2, 0.25) is 0 Å². The summed E-state index contributed by atoms with van der Waals surface area (Å²) in [4.78, 5) is 2.50. The first-order chi connectivity index (χ1) is 9.24. The summed E-state index contributed by atoms with van der Waals surface area (Å²) in [6.07, 6.45) is 6.10. The van der Waals surface area contributed by atoms with Crippen molar-refractivity contribution in [3.63, 3.8) is 0 Å². The van der Waals surface area contributed by atoms with E-state index in [9.17, 15) is 0 Å². The first kappa shape index (κ1) is 11.7. The smallest absolute Gasteiger partial charge is 0.177 e. The molecule has 2 unspecified atom stereocenters. The third kappa shape index (κ3) is 1.72. The van der Waals surface area contributed by atoms with Crippen LogP contribution in [0, 0.1) is 0 Å². The van der Waals surface area contributed by atoms with Gasteiger partial charge in [-0.05, 0) is 53.9 Å². The molecule has 3 heterocycles. The predicted octanol–water partition coefficient (Wildman–Crippen LogP) is 4.45. The zero-order valence-corrected chi connectivity index (χ0v) is 12.5. The van der Waals surface area contributed by atoms with Gasteiger partial charge in [0.25, 0.3) is 0 Å². The Morgan fingerprint density at radius 1 is 1.21 bits per heavy atom. The third-order valence-electron chi connectivity index (χ3n) is 4.61. The van der Waals surface area contributed by atoms with Crippen LogP contribution in [-0.4, -0.2) is 24.0 Å². The molecule has 0 aliphatic carbocycles. The van der Waals surface area contributed by atoms with Crippen LogP contribution in [0.4, 0.5) is 0 Å². The third-order valence-corrected chi connectivity index (χ3v) is 5.20. The summed E-state index contributed by atoms with van der Waals surface area (Å²) in [5.41, 5.74) is 1.38. The van der Waals surface area contributed by atoms with E-state index < -0.39 is 0 Å². The molecule has 2 bridgehead atoms. The Balaban J connectivity index is 1.86. The molecular formula is C16H16BrNO. The van der Waals surface area contributed by atoms with Crippen molar-refractivity contribution < 1.29 is 4.42 Å². The maximum absolute atomic E-state index is 5.99. The second-order valence-corrected chi connectivity index (χ2v) is 6.33. The molecule has 2 aromatic rings. The van der Waals surface area contributed by atoms with Crippen molar-refractivity contribution in [3.8, 4) is 0 Å². The Morgan fingerprint density at radius 2 is 2.00 bits per heavy atom. The fourth-order valence-electron chi connectivity index (χ4n) is 3.50. The molecule has 98 valence electrons. The van der Waals surface area contributed by atoms with Crippen LogP contribution in [0.3, 0.4) is 0 Å². The molecule has 0 spiro atoms. The number of halogens is 1. The standard InChI is InChI=1S/C16H16BrNO/c1-18-11-6-7-12(18)9-10(8-11)15-13-4-2-3-5-14(13)16(17)19-15/h2-5,8,11-12H,6-7,9H2,1H3. The van der Waals surface area contributed by atoms with Crippen molar-refractivity contribution in [2.24, 2.45) is 0 Å². The van der Waals surface area contributed by atoms with Gasteiger partial charge in [-0.1, -0.05) is 24.3 Å². The van der Waals surface area contributed by atoms with E-state index in [1.807, 2.05) is 0 Å². The average molecular weight is 318 g/mol. The van der Waals surface area contributed by atoms with Gasteiger partial charge >= 0.3 is 0 Å². The number of rotatable bonds is 1. The highest BCUT2D eigenvalue weighted by molar-refractivity contribution is 9.10. The Kier molecular flexibility index (Phi) is 2.61. The molecular weight excluding hydrogens is 302 g/mol. The number of fused-ring (bicyclic) bond motifs is 3. The van der Waals surface area contributed by atoms with Crippen LogP contribution in [0.15, 0.2) is 39.4 Å². The van der Waals surface area contributed by atoms with E-state index in [0.717, 1.165) is 16.9 Å². The van der Waals surface area contributed by atoms with E-state index in [1.54, 1.807) is 0 Å². The van der Waals surface area contributed by atoms with Gasteiger partial charge < -0.3 is 4.42 Å². The van der Waals surface area contributed by atoms with Crippen LogP contribution in [0.1, 0.15) is 25.0 Å². The Labute approximate surface area is 121 Å². The van der Waals surface area contributed by atoms with Crippen LogP contribution in [0.25, 0.3) is 16.3 Å². The molecule has 0 N–H and O–H groups in total. The number of likely N-dealkylation sites (N-methyl/N-ethyl adjacent to an activating group) is 1. The van der Waals surface area contributed by atoms with E-state index in [-0.39, 0.29) is 0 Å². The Morgan fingerprint density at radius 3 is 2.79 bits per heavy atom. The lowest BCUT2D eigenvalue weighted by atomic mass is 9.97. The lowest BCUT2D eigenvalue weighted by Gasteiger charge is -2.29. The van der Waals surface area contributed by atoms with Crippen molar-refractivity contribution >= 4 is 32.3 Å². The van der Waals surface area contributed by atoms with Crippen molar-refractivity contribution in [2.45, 2.75) is 31.3 Å². The van der Waals surface area contributed by atoms with Crippen molar-refractivity contribution in [1.82, 2.24) is 4.90 Å². The number of hydrogen-bond acceptors (Lipinski definition) is 2. The highest BCUT2D eigenvalue weighted by Crippen LogP contribution is 2.41. The number of nitrogens with zero attached hydrogens (tertiary/aromatic N) is 1. The Hall–Kier alpha value is -1.06. The molecule has 1 aromatic carbocycles. The van der Waals surface area contributed by atoms with Crippen LogP contribution in [0.2, 0.25) is 0 Å². The van der Waals surface area contributed by atoms with Gasteiger partial charge in [0.1, 0.15) is 5.76 Å². The van der Waals surface area contributed by atoms with E-state index in [2.05, 4.69) is 58.2 Å². The summed E-state index contributed by atoms with van der Waals surface area (Å²) in [6, 6.07) is 9.68. The number of furan rings is 1. The van der Waals surface area contributed by atoms with E-state index in [0.29, 0.717) is 12.1 Å². The molecule has 19 heavy (non-hydrogen) atoms. The number of benzene rings is 1. The van der Waals surface area contributed by atoms with Gasteiger partial charge in [-0.2, -0.15) is 0 Å². The van der Waals surface area contributed by atoms with E-state index >= 15 is 0 Å². The summed E-state index contributed by atoms with van der Waals surface area (Å²) >= 11 is 3.54. The van der Waals surface area contributed by atoms with Crippen LogP contribution < -0.4 is 0 Å². The van der Waals surface area contributed by atoms with Crippen molar-refractivity contribution in [3.05, 3.63) is 40.8 Å². The second-order valence-electron chi connectivity index (χ2n) is 5.61. The maximum atomic E-state index is 5.99. The summed E-state index contributed by atoms with van der Waals surface area (Å²) in [5, 5.41) is 2.40. The normalized spacial score (nSPS) is 26.9. The minimum absolute atomic E-state index is 0.594. The Bertz CT molecular complexity index is 672. The van der Waals surface area contributed by atoms with Crippen LogP contribution >= 0.6 is 15.9 Å². The second kappa shape index (κ2) is 4.22. The lowest BCUT2D eigenvalue weighted by Crippen LogP contribution is -2.34. The molecule has 4 rings (SSSR count). The van der Waals surface area contributed by atoms with Crippen molar-refractivity contribution in [2.75, 3.05) is 7.05 Å². The molecule has 0 radical (unpaired) electrons. The molecule has 0 amide bonds. The minimum Gasteiger partial charge on any atom is -0.448 e. The molecule has 2 nitrogen and oxygen atoms in total. The summed E-state index contributed by atoms with van der Waals surface area (Å²) < 4.78 is 6.85. The average Bonchev–Trinajstić information content (AvgIpc) is 2.84. The largest absolute Gasteiger partial charge is 0.448 e. The molecule has 0 saturated carbocycles. The summed E-state index contributed by atoms with van der Waals surface area (Å²) in [5.74, 6) is 1.06. The van der Waals surface area contributed by atoms with Crippen LogP contribution in [-0.2, 0) is 0 Å². The molecule has 1 aromatic heterocycles. The predicted molar refractivity (Wildman–Crippen MR) is 81.1 cm³/mol. The van der Waals surface area contributed by atoms with Gasteiger partial charge in [-0.25, -0.2) is 0 Å². The van der Waals surface area contributed by atoms with Gasteiger partial charge in [0, 0.05) is 22.9 Å². The molecule has 1 saturated heterocycles. The zero-order valence-electron chi connectivity index (χ0n) is 10.9. The minimum atomic E-state index is 0.594. The molecule has 3 heteroatoms. The first-order valence-corrected chi connectivity index (χ1v) is 7.63. The molecule has 1 fully saturated rings. The zero-order chi connectivity index (χ0) is 13.0. The number of hydrogen-bond donors (Lipinski definition) is 0. The fourth-order valence-corrected chi connectivity index (χ4v) is 4.01. The topological polar surface area (TPSA) is 16.4 Å². The van der Waals surface area contributed by atoms with Gasteiger partial charge in [0.05, 0.1) is 0 Å². The van der Waals surface area contributed by atoms with Gasteiger partial charge in [-0.15, -0.1) is 0 Å². The highest BCUT2D eigenvalue weighted by Gasteiger charge is 2.35. The molecule has 2 atom stereocenters. The van der Waals surface area contributed by atoms with Crippen LogP contribution in [0.5, 0.6) is 0 Å². The lowest BCUT2D eigenvalue weighted by molar-refractivity contribution is 0.263. The van der Waals surface area contributed by atoms with E-state index in [4.69, 9.17) is 4.42 Å². The van der Waals surface area contributed by atoms with Crippen molar-refractivity contribution in [1.29, 1.82) is 0 Å². The quantitative estimate of drug-likeness (QED) is 0.772.